The molecule has 0 aromatic rings. The maximum absolute atomic E-state index is 12.7. The SMILES string of the molecule is COC(=O)[C@H](C[C@@H]1CCCNC1=O)NC(=O)[C@@H]1C[Si](C)(C)CN1C(=O)O. The number of carbonyl (C=O) groups excluding carboxylic acids is 3. The molecule has 2 heterocycles. The summed E-state index contributed by atoms with van der Waals surface area (Å²) in [6.45, 7) is 4.67. The first-order valence-electron chi connectivity index (χ1n) is 8.80. The van der Waals surface area contributed by atoms with E-state index in [2.05, 4.69) is 10.6 Å². The molecule has 2 saturated heterocycles. The Hall–Kier alpha value is -2.10. The van der Waals surface area contributed by atoms with Gasteiger partial charge in [-0.1, -0.05) is 13.1 Å². The normalized spacial score (nSPS) is 26.0. The van der Waals surface area contributed by atoms with Crippen LogP contribution in [0, 0.1) is 5.92 Å². The fraction of sp³-hybridized carbons (Fsp3) is 0.750. The van der Waals surface area contributed by atoms with E-state index in [1.165, 1.54) is 7.11 Å². The lowest BCUT2D eigenvalue weighted by molar-refractivity contribution is -0.146. The summed E-state index contributed by atoms with van der Waals surface area (Å²) in [4.78, 5) is 49.4. The Kier molecular flexibility index (Phi) is 6.27. The van der Waals surface area contributed by atoms with Gasteiger partial charge in [-0.15, -0.1) is 0 Å². The summed E-state index contributed by atoms with van der Waals surface area (Å²) < 4.78 is 4.76. The molecule has 0 aliphatic carbocycles. The van der Waals surface area contributed by atoms with E-state index >= 15 is 0 Å². The monoisotopic (exact) mass is 385 g/mol. The maximum atomic E-state index is 12.7. The highest BCUT2D eigenvalue weighted by atomic mass is 28.3. The number of hydrogen-bond donors (Lipinski definition) is 3. The summed E-state index contributed by atoms with van der Waals surface area (Å²) in [7, 11) is -0.608. The summed E-state index contributed by atoms with van der Waals surface area (Å²) >= 11 is 0. The fourth-order valence-corrected chi connectivity index (χ4v) is 6.53. The first kappa shape index (κ1) is 20.2. The minimum absolute atomic E-state index is 0.138. The summed E-state index contributed by atoms with van der Waals surface area (Å²) in [5, 5.41) is 14.7. The molecule has 2 fully saturated rings. The molecule has 2 rings (SSSR count). The Balaban J connectivity index is 2.09. The van der Waals surface area contributed by atoms with Crippen LogP contribution in [0.25, 0.3) is 0 Å². The van der Waals surface area contributed by atoms with Crippen molar-refractivity contribution in [1.82, 2.24) is 15.5 Å². The average Bonchev–Trinajstić information content (AvgIpc) is 2.91. The van der Waals surface area contributed by atoms with Crippen molar-refractivity contribution in [2.75, 3.05) is 19.8 Å². The second kappa shape index (κ2) is 8.06. The average molecular weight is 385 g/mol. The van der Waals surface area contributed by atoms with E-state index in [1.807, 2.05) is 13.1 Å². The molecular formula is C16H27N3O6Si. The third kappa shape index (κ3) is 4.74. The second-order valence-corrected chi connectivity index (χ2v) is 12.8. The maximum Gasteiger partial charge on any atom is 0.407 e. The van der Waals surface area contributed by atoms with Gasteiger partial charge in [-0.25, -0.2) is 9.59 Å². The van der Waals surface area contributed by atoms with Crippen LogP contribution in [0.4, 0.5) is 4.79 Å². The van der Waals surface area contributed by atoms with E-state index < -0.39 is 38.1 Å². The topological polar surface area (TPSA) is 125 Å². The lowest BCUT2D eigenvalue weighted by atomic mass is 9.91. The fourth-order valence-electron chi connectivity index (χ4n) is 3.67. The number of carboxylic acid groups (broad SMARTS) is 1. The number of carbonyl (C=O) groups is 4. The van der Waals surface area contributed by atoms with E-state index in [0.29, 0.717) is 25.2 Å². The summed E-state index contributed by atoms with van der Waals surface area (Å²) in [5.41, 5.74) is 0. The van der Waals surface area contributed by atoms with Gasteiger partial charge in [-0.05, 0) is 25.3 Å². The minimum atomic E-state index is -1.83. The quantitative estimate of drug-likeness (QED) is 0.458. The molecule has 26 heavy (non-hydrogen) atoms. The summed E-state index contributed by atoms with van der Waals surface area (Å²) in [5.74, 6) is -1.65. The Morgan fingerprint density at radius 1 is 1.42 bits per heavy atom. The van der Waals surface area contributed by atoms with Crippen molar-refractivity contribution in [3.63, 3.8) is 0 Å². The number of nitrogens with zero attached hydrogens (tertiary/aromatic N) is 1. The summed E-state index contributed by atoms with van der Waals surface area (Å²) in [6, 6.07) is -1.27. The van der Waals surface area contributed by atoms with Crippen LogP contribution >= 0.6 is 0 Å². The molecule has 146 valence electrons. The van der Waals surface area contributed by atoms with Crippen molar-refractivity contribution in [3.8, 4) is 0 Å². The van der Waals surface area contributed by atoms with Gasteiger partial charge < -0.3 is 20.5 Å². The predicted molar refractivity (Wildman–Crippen MR) is 95.1 cm³/mol. The molecule has 3 amide bonds. The molecular weight excluding hydrogens is 358 g/mol. The van der Waals surface area contributed by atoms with Crippen molar-refractivity contribution >= 4 is 32.0 Å². The van der Waals surface area contributed by atoms with Crippen LogP contribution in [0.5, 0.6) is 0 Å². The third-order valence-corrected chi connectivity index (χ3v) is 7.68. The molecule has 2 aliphatic rings. The number of ether oxygens (including phenoxy) is 1. The van der Waals surface area contributed by atoms with Gasteiger partial charge in [0.15, 0.2) is 0 Å². The lowest BCUT2D eigenvalue weighted by Gasteiger charge is -2.27. The third-order valence-electron chi connectivity index (χ3n) is 4.99. The van der Waals surface area contributed by atoms with Gasteiger partial charge in [0.25, 0.3) is 0 Å². The first-order valence-corrected chi connectivity index (χ1v) is 12.2. The number of piperidine rings is 1. The molecule has 0 saturated carbocycles. The van der Waals surface area contributed by atoms with E-state index in [4.69, 9.17) is 4.74 Å². The number of methoxy groups -OCH3 is 1. The number of esters is 1. The molecule has 0 bridgehead atoms. The van der Waals surface area contributed by atoms with Crippen molar-refractivity contribution in [1.29, 1.82) is 0 Å². The van der Waals surface area contributed by atoms with E-state index in [9.17, 15) is 24.3 Å². The lowest BCUT2D eigenvalue weighted by Crippen LogP contribution is -2.52. The molecule has 0 spiro atoms. The molecule has 0 unspecified atom stereocenters. The molecule has 9 nitrogen and oxygen atoms in total. The Morgan fingerprint density at radius 2 is 2.12 bits per heavy atom. The molecule has 0 aromatic carbocycles. The summed E-state index contributed by atoms with van der Waals surface area (Å²) in [6.07, 6.45) is 0.844. The number of amides is 3. The van der Waals surface area contributed by atoms with Gasteiger partial charge in [0, 0.05) is 18.6 Å². The number of nitrogens with one attached hydrogen (secondary N) is 2. The van der Waals surface area contributed by atoms with Crippen molar-refractivity contribution in [2.45, 2.75) is 50.5 Å². The van der Waals surface area contributed by atoms with Crippen LogP contribution in [0.2, 0.25) is 19.1 Å². The smallest absolute Gasteiger partial charge is 0.407 e. The van der Waals surface area contributed by atoms with Crippen LogP contribution in [0.3, 0.4) is 0 Å². The molecule has 0 aromatic heterocycles. The van der Waals surface area contributed by atoms with Crippen LogP contribution in [0.1, 0.15) is 19.3 Å². The highest BCUT2D eigenvalue weighted by molar-refractivity contribution is 6.79. The zero-order valence-electron chi connectivity index (χ0n) is 15.4. The van der Waals surface area contributed by atoms with Crippen LogP contribution in [-0.2, 0) is 19.1 Å². The molecule has 3 atom stereocenters. The van der Waals surface area contributed by atoms with Gasteiger partial charge in [0.1, 0.15) is 12.1 Å². The standard InChI is InChI=1S/C16H27N3O6Si/c1-25-15(22)11(7-10-5-4-6-17-13(10)20)18-14(21)12-8-26(2,3)9-19(12)16(23)24/h10-12H,4-9H2,1-3H3,(H,17,20)(H,18,21)(H,23,24)/t10-,11-,12-/m0/s1. The van der Waals surface area contributed by atoms with Crippen molar-refractivity contribution in [2.24, 2.45) is 5.92 Å². The zero-order valence-corrected chi connectivity index (χ0v) is 16.4. The zero-order chi connectivity index (χ0) is 19.5. The largest absolute Gasteiger partial charge is 0.467 e. The molecule has 10 heteroatoms. The van der Waals surface area contributed by atoms with Crippen molar-refractivity contribution < 1.29 is 29.0 Å². The van der Waals surface area contributed by atoms with Crippen LogP contribution < -0.4 is 10.6 Å². The Morgan fingerprint density at radius 3 is 2.69 bits per heavy atom. The highest BCUT2D eigenvalue weighted by Gasteiger charge is 2.46. The first-order chi connectivity index (χ1) is 12.1. The molecule has 2 aliphatic heterocycles. The van der Waals surface area contributed by atoms with Gasteiger partial charge in [0.05, 0.1) is 15.2 Å². The van der Waals surface area contributed by atoms with Crippen molar-refractivity contribution in [3.05, 3.63) is 0 Å². The van der Waals surface area contributed by atoms with E-state index in [-0.39, 0.29) is 18.2 Å². The van der Waals surface area contributed by atoms with Gasteiger partial charge in [-0.3, -0.25) is 14.5 Å². The Labute approximate surface area is 153 Å². The van der Waals surface area contributed by atoms with Gasteiger partial charge >= 0.3 is 12.1 Å². The predicted octanol–water partition coefficient (Wildman–Crippen LogP) is 0.170. The van der Waals surface area contributed by atoms with Crippen LogP contribution in [0.15, 0.2) is 0 Å². The number of hydrogen-bond acceptors (Lipinski definition) is 5. The minimum Gasteiger partial charge on any atom is -0.467 e. The highest BCUT2D eigenvalue weighted by Crippen LogP contribution is 2.27. The van der Waals surface area contributed by atoms with Gasteiger partial charge in [0.2, 0.25) is 11.8 Å². The Bertz CT molecular complexity index is 597. The van der Waals surface area contributed by atoms with E-state index in [1.54, 1.807) is 0 Å². The van der Waals surface area contributed by atoms with E-state index in [0.717, 1.165) is 11.3 Å². The second-order valence-electron chi connectivity index (χ2n) is 7.74. The van der Waals surface area contributed by atoms with Gasteiger partial charge in [-0.2, -0.15) is 0 Å². The van der Waals surface area contributed by atoms with Crippen LogP contribution in [-0.4, -0.2) is 73.9 Å². The molecule has 3 N–H and O–H groups in total. The number of rotatable bonds is 5. The molecule has 0 radical (unpaired) electrons.